The molecule has 98 valence electrons. The van der Waals surface area contributed by atoms with Crippen molar-refractivity contribution in [1.29, 1.82) is 0 Å². The number of carbonyl (C=O) groups excluding carboxylic acids is 2. The summed E-state index contributed by atoms with van der Waals surface area (Å²) in [4.78, 5) is 23.4. The summed E-state index contributed by atoms with van der Waals surface area (Å²) in [6.07, 6.45) is 3.62. The minimum atomic E-state index is -0.506. The Kier molecular flexibility index (Phi) is 6.15. The van der Waals surface area contributed by atoms with E-state index >= 15 is 0 Å². The molecule has 0 aromatic heterocycles. The van der Waals surface area contributed by atoms with Crippen LogP contribution in [0.25, 0.3) is 0 Å². The summed E-state index contributed by atoms with van der Waals surface area (Å²) in [7, 11) is 1.70. The van der Waals surface area contributed by atoms with Gasteiger partial charge in [-0.2, -0.15) is 0 Å². The van der Waals surface area contributed by atoms with Crippen LogP contribution in [0, 0.1) is 0 Å². The fraction of sp³-hybridized carbons (Fsp3) is 0.833. The minimum Gasteiger partial charge on any atom is -0.376 e. The van der Waals surface area contributed by atoms with Crippen molar-refractivity contribution in [3.8, 4) is 0 Å². The number of ether oxygens (including phenoxy) is 1. The second kappa shape index (κ2) is 7.40. The van der Waals surface area contributed by atoms with E-state index in [0.29, 0.717) is 13.0 Å². The third-order valence-corrected chi connectivity index (χ3v) is 2.98. The molecular formula is C12H22N2O3. The van der Waals surface area contributed by atoms with Crippen molar-refractivity contribution in [2.75, 3.05) is 20.2 Å². The number of hydrogen-bond acceptors (Lipinski definition) is 4. The van der Waals surface area contributed by atoms with Crippen molar-refractivity contribution < 1.29 is 14.3 Å². The SMILES string of the molecule is CCCC(NC)C(=O)C(=O)NCC1CCCO1. The molecule has 0 aromatic carbocycles. The molecule has 0 radical (unpaired) electrons. The topological polar surface area (TPSA) is 67.4 Å². The minimum absolute atomic E-state index is 0.0750. The molecule has 1 aliphatic rings. The van der Waals surface area contributed by atoms with E-state index in [1.165, 1.54) is 0 Å². The van der Waals surface area contributed by atoms with Gasteiger partial charge in [0.2, 0.25) is 5.78 Å². The van der Waals surface area contributed by atoms with Gasteiger partial charge in [0, 0.05) is 13.2 Å². The zero-order valence-electron chi connectivity index (χ0n) is 10.6. The molecule has 2 unspecified atom stereocenters. The van der Waals surface area contributed by atoms with Crippen LogP contribution in [-0.4, -0.2) is 44.0 Å². The lowest BCUT2D eigenvalue weighted by Crippen LogP contribution is -2.45. The van der Waals surface area contributed by atoms with E-state index in [9.17, 15) is 9.59 Å². The second-order valence-electron chi connectivity index (χ2n) is 4.34. The van der Waals surface area contributed by atoms with Gasteiger partial charge in [0.15, 0.2) is 0 Å². The largest absolute Gasteiger partial charge is 0.376 e. The molecule has 2 N–H and O–H groups in total. The fourth-order valence-electron chi connectivity index (χ4n) is 1.95. The molecule has 0 aromatic rings. The Morgan fingerprint density at radius 1 is 1.47 bits per heavy atom. The molecule has 0 saturated carbocycles. The molecule has 5 heteroatoms. The van der Waals surface area contributed by atoms with Gasteiger partial charge in [-0.3, -0.25) is 9.59 Å². The maximum Gasteiger partial charge on any atom is 0.289 e. The Morgan fingerprint density at radius 2 is 2.24 bits per heavy atom. The van der Waals surface area contributed by atoms with Gasteiger partial charge < -0.3 is 15.4 Å². The average molecular weight is 242 g/mol. The van der Waals surface area contributed by atoms with E-state index in [1.807, 2.05) is 6.92 Å². The highest BCUT2D eigenvalue weighted by molar-refractivity contribution is 6.38. The predicted molar refractivity (Wildman–Crippen MR) is 64.7 cm³/mol. The summed E-state index contributed by atoms with van der Waals surface area (Å²) in [5, 5.41) is 5.51. The van der Waals surface area contributed by atoms with Crippen molar-refractivity contribution in [3.63, 3.8) is 0 Å². The molecule has 5 nitrogen and oxygen atoms in total. The molecule has 1 heterocycles. The monoisotopic (exact) mass is 242 g/mol. The summed E-state index contributed by atoms with van der Waals surface area (Å²) in [5.74, 6) is -0.888. The molecule has 1 rings (SSSR count). The van der Waals surface area contributed by atoms with Gasteiger partial charge in [0.05, 0.1) is 12.1 Å². The Labute approximate surface area is 102 Å². The molecular weight excluding hydrogens is 220 g/mol. The highest BCUT2D eigenvalue weighted by Gasteiger charge is 2.24. The van der Waals surface area contributed by atoms with E-state index in [-0.39, 0.29) is 17.9 Å². The molecule has 1 fully saturated rings. The lowest BCUT2D eigenvalue weighted by Gasteiger charge is -2.15. The molecule has 2 atom stereocenters. The van der Waals surface area contributed by atoms with Crippen LogP contribution in [0.4, 0.5) is 0 Å². The lowest BCUT2D eigenvalue weighted by molar-refractivity contribution is -0.139. The highest BCUT2D eigenvalue weighted by Crippen LogP contribution is 2.10. The first-order valence-corrected chi connectivity index (χ1v) is 6.30. The molecule has 1 amide bonds. The van der Waals surface area contributed by atoms with Gasteiger partial charge in [0.25, 0.3) is 5.91 Å². The van der Waals surface area contributed by atoms with Gasteiger partial charge in [-0.25, -0.2) is 0 Å². The van der Waals surface area contributed by atoms with Gasteiger partial charge in [-0.1, -0.05) is 13.3 Å². The Morgan fingerprint density at radius 3 is 2.76 bits per heavy atom. The van der Waals surface area contributed by atoms with Crippen LogP contribution < -0.4 is 10.6 Å². The number of ketones is 1. The third-order valence-electron chi connectivity index (χ3n) is 2.98. The van der Waals surface area contributed by atoms with Crippen LogP contribution >= 0.6 is 0 Å². The van der Waals surface area contributed by atoms with Gasteiger partial charge in [-0.05, 0) is 26.3 Å². The van der Waals surface area contributed by atoms with Crippen molar-refractivity contribution >= 4 is 11.7 Å². The zero-order chi connectivity index (χ0) is 12.7. The van der Waals surface area contributed by atoms with Gasteiger partial charge in [0.1, 0.15) is 0 Å². The highest BCUT2D eigenvalue weighted by atomic mass is 16.5. The number of nitrogens with one attached hydrogen (secondary N) is 2. The number of likely N-dealkylation sites (N-methyl/N-ethyl adjacent to an activating group) is 1. The molecule has 1 saturated heterocycles. The number of amides is 1. The maximum absolute atomic E-state index is 11.8. The van der Waals surface area contributed by atoms with E-state index in [0.717, 1.165) is 25.9 Å². The Hall–Kier alpha value is -0.940. The Balaban J connectivity index is 2.31. The first kappa shape index (κ1) is 14.1. The van der Waals surface area contributed by atoms with E-state index in [1.54, 1.807) is 7.05 Å². The van der Waals surface area contributed by atoms with Crippen LogP contribution in [0.5, 0.6) is 0 Å². The van der Waals surface area contributed by atoms with Crippen molar-refractivity contribution in [3.05, 3.63) is 0 Å². The summed E-state index contributed by atoms with van der Waals surface area (Å²) in [5.41, 5.74) is 0. The van der Waals surface area contributed by atoms with Crippen LogP contribution in [0.15, 0.2) is 0 Å². The summed E-state index contributed by atoms with van der Waals surface area (Å²) >= 11 is 0. The van der Waals surface area contributed by atoms with Crippen molar-refractivity contribution in [2.24, 2.45) is 0 Å². The van der Waals surface area contributed by atoms with Crippen LogP contribution in [0.3, 0.4) is 0 Å². The van der Waals surface area contributed by atoms with E-state index < -0.39 is 5.91 Å². The zero-order valence-corrected chi connectivity index (χ0v) is 10.6. The number of rotatable bonds is 7. The maximum atomic E-state index is 11.8. The van der Waals surface area contributed by atoms with Crippen molar-refractivity contribution in [2.45, 2.75) is 44.8 Å². The summed E-state index contributed by atoms with van der Waals surface area (Å²) < 4.78 is 5.38. The Bertz CT molecular complexity index is 262. The van der Waals surface area contributed by atoms with Crippen molar-refractivity contribution in [1.82, 2.24) is 10.6 Å². The second-order valence-corrected chi connectivity index (χ2v) is 4.34. The van der Waals surface area contributed by atoms with E-state index in [4.69, 9.17) is 4.74 Å². The number of Topliss-reactive ketones (excluding diaryl/α,β-unsaturated/α-hetero) is 1. The third kappa shape index (κ3) is 4.44. The average Bonchev–Trinajstić information content (AvgIpc) is 2.85. The molecule has 0 bridgehead atoms. The summed E-state index contributed by atoms with van der Waals surface area (Å²) in [6.45, 7) is 3.18. The first-order chi connectivity index (χ1) is 8.19. The summed E-state index contributed by atoms with van der Waals surface area (Å²) in [6, 6.07) is -0.371. The molecule has 1 aliphatic heterocycles. The first-order valence-electron chi connectivity index (χ1n) is 6.30. The number of hydrogen-bond donors (Lipinski definition) is 2. The van der Waals surface area contributed by atoms with E-state index in [2.05, 4.69) is 10.6 Å². The molecule has 0 spiro atoms. The van der Waals surface area contributed by atoms with Gasteiger partial charge in [-0.15, -0.1) is 0 Å². The lowest BCUT2D eigenvalue weighted by atomic mass is 10.1. The fourth-order valence-corrected chi connectivity index (χ4v) is 1.95. The molecule has 0 aliphatic carbocycles. The standard InChI is InChI=1S/C12H22N2O3/c1-3-5-10(13-2)11(15)12(16)14-8-9-6-4-7-17-9/h9-10,13H,3-8H2,1-2H3,(H,14,16). The number of carbonyl (C=O) groups is 2. The quantitative estimate of drug-likeness (QED) is 0.628. The predicted octanol–water partition coefficient (Wildman–Crippen LogP) is 0.239. The van der Waals surface area contributed by atoms with Crippen LogP contribution in [0.1, 0.15) is 32.6 Å². The van der Waals surface area contributed by atoms with Crippen LogP contribution in [0.2, 0.25) is 0 Å². The smallest absolute Gasteiger partial charge is 0.289 e. The van der Waals surface area contributed by atoms with Crippen LogP contribution in [-0.2, 0) is 14.3 Å². The normalized spacial score (nSPS) is 21.2. The molecule has 17 heavy (non-hydrogen) atoms. The van der Waals surface area contributed by atoms with Gasteiger partial charge >= 0.3 is 0 Å².